The number of thioether (sulfide) groups is 1. The minimum absolute atomic E-state index is 0.802. The minimum atomic E-state index is 0.802. The first-order chi connectivity index (χ1) is 5.93. The maximum atomic E-state index is 3.59. The van der Waals surface area contributed by atoms with Crippen LogP contribution in [-0.4, -0.2) is 24.1 Å². The zero-order chi connectivity index (χ0) is 8.65. The third-order valence-corrected chi connectivity index (χ3v) is 3.25. The zero-order valence-electron chi connectivity index (χ0n) is 7.88. The highest BCUT2D eigenvalue weighted by Gasteiger charge is 2.11. The van der Waals surface area contributed by atoms with Crippen molar-refractivity contribution in [1.29, 1.82) is 0 Å². The van der Waals surface area contributed by atoms with Crippen LogP contribution in [0.5, 0.6) is 0 Å². The molecule has 1 N–H and O–H groups in total. The molecule has 1 saturated heterocycles. The van der Waals surface area contributed by atoms with Gasteiger partial charge in [-0.2, -0.15) is 11.8 Å². The van der Waals surface area contributed by atoms with E-state index in [1.54, 1.807) is 0 Å². The first kappa shape index (κ1) is 10.1. The number of nitrogens with one attached hydrogen (secondary N) is 1. The second-order valence-electron chi connectivity index (χ2n) is 3.20. The van der Waals surface area contributed by atoms with Gasteiger partial charge in [0.15, 0.2) is 0 Å². The van der Waals surface area contributed by atoms with Crippen molar-refractivity contribution in [3.05, 3.63) is 12.2 Å². The molecule has 1 fully saturated rings. The van der Waals surface area contributed by atoms with Gasteiger partial charge in [-0.3, -0.25) is 0 Å². The molecule has 0 saturated carbocycles. The second kappa shape index (κ2) is 6.55. The van der Waals surface area contributed by atoms with Gasteiger partial charge in [0.2, 0.25) is 0 Å². The van der Waals surface area contributed by atoms with Crippen molar-refractivity contribution in [2.45, 2.75) is 32.2 Å². The molecule has 0 aromatic heterocycles. The molecule has 0 aromatic carbocycles. The Bertz CT molecular complexity index is 128. The molecule has 0 amide bonds. The molecule has 0 spiro atoms. The molecule has 0 bridgehead atoms. The summed E-state index contributed by atoms with van der Waals surface area (Å²) >= 11 is 2.09. The highest BCUT2D eigenvalue weighted by Crippen LogP contribution is 2.16. The van der Waals surface area contributed by atoms with E-state index in [9.17, 15) is 0 Å². The zero-order valence-corrected chi connectivity index (χ0v) is 8.70. The van der Waals surface area contributed by atoms with Gasteiger partial charge in [-0.05, 0) is 44.2 Å². The molecule has 0 radical (unpaired) electrons. The van der Waals surface area contributed by atoms with Crippen LogP contribution in [0.2, 0.25) is 0 Å². The highest BCUT2D eigenvalue weighted by atomic mass is 32.2. The van der Waals surface area contributed by atoms with Gasteiger partial charge in [-0.1, -0.05) is 12.2 Å². The molecule has 1 heterocycles. The van der Waals surface area contributed by atoms with E-state index < -0.39 is 0 Å². The van der Waals surface area contributed by atoms with E-state index >= 15 is 0 Å². The quantitative estimate of drug-likeness (QED) is 0.533. The third kappa shape index (κ3) is 4.17. The predicted molar refractivity (Wildman–Crippen MR) is 57.8 cm³/mol. The minimum Gasteiger partial charge on any atom is -0.314 e. The van der Waals surface area contributed by atoms with E-state index in [0.717, 1.165) is 12.6 Å². The van der Waals surface area contributed by atoms with Crippen LogP contribution in [0.3, 0.4) is 0 Å². The average Bonchev–Trinajstić information content (AvgIpc) is 2.14. The summed E-state index contributed by atoms with van der Waals surface area (Å²) in [5.74, 6) is 2.70. The smallest absolute Gasteiger partial charge is 0.00828 e. The van der Waals surface area contributed by atoms with Crippen molar-refractivity contribution in [3.63, 3.8) is 0 Å². The van der Waals surface area contributed by atoms with Crippen molar-refractivity contribution in [2.75, 3.05) is 18.1 Å². The van der Waals surface area contributed by atoms with Gasteiger partial charge in [0, 0.05) is 6.04 Å². The summed E-state index contributed by atoms with van der Waals surface area (Å²) in [6.07, 6.45) is 8.25. The molecule has 1 rings (SSSR count). The maximum Gasteiger partial charge on any atom is 0.00828 e. The van der Waals surface area contributed by atoms with E-state index in [0.29, 0.717) is 0 Å². The lowest BCUT2D eigenvalue weighted by atomic mass is 10.1. The normalized spacial score (nSPS) is 20.4. The molecule has 2 heteroatoms. The summed E-state index contributed by atoms with van der Waals surface area (Å²) < 4.78 is 0. The van der Waals surface area contributed by atoms with E-state index in [1.807, 2.05) is 0 Å². The Kier molecular flexibility index (Phi) is 5.53. The molecule has 70 valence electrons. The van der Waals surface area contributed by atoms with E-state index in [1.165, 1.54) is 30.8 Å². The SMILES string of the molecule is C/C=C/CCNC1CCSCC1. The van der Waals surface area contributed by atoms with Crippen LogP contribution in [0.4, 0.5) is 0 Å². The van der Waals surface area contributed by atoms with Crippen LogP contribution < -0.4 is 5.32 Å². The van der Waals surface area contributed by atoms with Crippen LogP contribution in [0.25, 0.3) is 0 Å². The fourth-order valence-electron chi connectivity index (χ4n) is 1.44. The summed E-state index contributed by atoms with van der Waals surface area (Å²) in [6, 6.07) is 0.802. The number of hydrogen-bond donors (Lipinski definition) is 1. The molecular weight excluding hydrogens is 166 g/mol. The van der Waals surface area contributed by atoms with E-state index in [-0.39, 0.29) is 0 Å². The molecule has 12 heavy (non-hydrogen) atoms. The predicted octanol–water partition coefficient (Wildman–Crippen LogP) is 2.44. The third-order valence-electron chi connectivity index (χ3n) is 2.20. The Hall–Kier alpha value is 0.0500. The largest absolute Gasteiger partial charge is 0.314 e. The van der Waals surface area contributed by atoms with Gasteiger partial charge in [0.1, 0.15) is 0 Å². The van der Waals surface area contributed by atoms with Crippen molar-refractivity contribution in [3.8, 4) is 0 Å². The molecule has 1 aliphatic heterocycles. The number of allylic oxidation sites excluding steroid dienone is 1. The summed E-state index contributed by atoms with van der Waals surface area (Å²) in [5.41, 5.74) is 0. The lowest BCUT2D eigenvalue weighted by molar-refractivity contribution is 0.488. The van der Waals surface area contributed by atoms with Crippen molar-refractivity contribution in [1.82, 2.24) is 5.32 Å². The Morgan fingerprint density at radius 2 is 2.17 bits per heavy atom. The lowest BCUT2D eigenvalue weighted by Gasteiger charge is -2.22. The Balaban J connectivity index is 1.97. The number of rotatable bonds is 4. The first-order valence-electron chi connectivity index (χ1n) is 4.86. The second-order valence-corrected chi connectivity index (χ2v) is 4.42. The summed E-state index contributed by atoms with van der Waals surface area (Å²) in [6.45, 7) is 3.23. The molecule has 0 aromatic rings. The first-order valence-corrected chi connectivity index (χ1v) is 6.01. The highest BCUT2D eigenvalue weighted by molar-refractivity contribution is 7.99. The summed E-state index contributed by atoms with van der Waals surface area (Å²) in [4.78, 5) is 0. The van der Waals surface area contributed by atoms with Gasteiger partial charge in [-0.25, -0.2) is 0 Å². The van der Waals surface area contributed by atoms with Crippen molar-refractivity contribution >= 4 is 11.8 Å². The summed E-state index contributed by atoms with van der Waals surface area (Å²) in [7, 11) is 0. The number of hydrogen-bond acceptors (Lipinski definition) is 2. The van der Waals surface area contributed by atoms with Crippen LogP contribution in [0, 0.1) is 0 Å². The topological polar surface area (TPSA) is 12.0 Å². The summed E-state index contributed by atoms with van der Waals surface area (Å²) in [5, 5.41) is 3.59. The average molecular weight is 185 g/mol. The van der Waals surface area contributed by atoms with E-state index in [4.69, 9.17) is 0 Å². The fraction of sp³-hybridized carbons (Fsp3) is 0.800. The van der Waals surface area contributed by atoms with Gasteiger partial charge >= 0.3 is 0 Å². The van der Waals surface area contributed by atoms with Crippen LogP contribution in [0.15, 0.2) is 12.2 Å². The lowest BCUT2D eigenvalue weighted by Crippen LogP contribution is -2.32. The molecule has 0 aliphatic carbocycles. The van der Waals surface area contributed by atoms with Crippen molar-refractivity contribution in [2.24, 2.45) is 0 Å². The van der Waals surface area contributed by atoms with Gasteiger partial charge in [0.05, 0.1) is 0 Å². The Labute approximate surface area is 80.0 Å². The van der Waals surface area contributed by atoms with Crippen LogP contribution in [-0.2, 0) is 0 Å². The molecular formula is C10H19NS. The Morgan fingerprint density at radius 3 is 2.83 bits per heavy atom. The van der Waals surface area contributed by atoms with Crippen molar-refractivity contribution < 1.29 is 0 Å². The Morgan fingerprint density at radius 1 is 1.42 bits per heavy atom. The van der Waals surface area contributed by atoms with Gasteiger partial charge in [-0.15, -0.1) is 0 Å². The van der Waals surface area contributed by atoms with E-state index in [2.05, 4.69) is 36.2 Å². The molecule has 1 nitrogen and oxygen atoms in total. The molecule has 0 unspecified atom stereocenters. The van der Waals surface area contributed by atoms with Crippen LogP contribution in [0.1, 0.15) is 26.2 Å². The fourth-order valence-corrected chi connectivity index (χ4v) is 2.55. The van der Waals surface area contributed by atoms with Gasteiger partial charge in [0.25, 0.3) is 0 Å². The van der Waals surface area contributed by atoms with Gasteiger partial charge < -0.3 is 5.32 Å². The monoisotopic (exact) mass is 185 g/mol. The molecule has 0 atom stereocenters. The standard InChI is InChI=1S/C10H19NS/c1-2-3-4-7-11-10-5-8-12-9-6-10/h2-3,10-11H,4-9H2,1H3/b3-2+. The molecule has 1 aliphatic rings. The maximum absolute atomic E-state index is 3.59. The van der Waals surface area contributed by atoms with Crippen LogP contribution >= 0.6 is 11.8 Å².